The van der Waals surface area contributed by atoms with Crippen molar-refractivity contribution >= 4 is 5.97 Å². The molecule has 232 valence electrons. The maximum absolute atomic E-state index is 11.9. The summed E-state index contributed by atoms with van der Waals surface area (Å²) in [4.78, 5) is 11.9. The van der Waals surface area contributed by atoms with E-state index in [4.69, 9.17) is 23.7 Å². The first-order chi connectivity index (χ1) is 19.1. The van der Waals surface area contributed by atoms with Crippen molar-refractivity contribution < 1.29 is 93.8 Å². The molecule has 4 aliphatic rings. The minimum absolute atomic E-state index is 0. The second-order valence-corrected chi connectivity index (χ2v) is 11.7. The van der Waals surface area contributed by atoms with Crippen LogP contribution in [0.15, 0.2) is 0 Å². The molecule has 6 N–H and O–H groups in total. The number of hydrogen-bond acceptors (Lipinski definition) is 13. The van der Waals surface area contributed by atoms with E-state index in [1.807, 2.05) is 0 Å². The quantitative estimate of drug-likeness (QED) is 0.130. The van der Waals surface area contributed by atoms with Gasteiger partial charge in [-0.1, -0.05) is 44.9 Å². The van der Waals surface area contributed by atoms with Crippen LogP contribution >= 0.6 is 0 Å². The van der Waals surface area contributed by atoms with Crippen molar-refractivity contribution in [2.45, 2.75) is 151 Å². The monoisotopic (exact) mass is 600 g/mol. The zero-order valence-corrected chi connectivity index (χ0v) is 25.9. The topological polar surface area (TPSA) is 208 Å². The Morgan fingerprint density at radius 2 is 1.37 bits per heavy atom. The zero-order valence-electron chi connectivity index (χ0n) is 23.9. The first-order valence-corrected chi connectivity index (χ1v) is 14.6. The number of aliphatic hydroxyl groups excluding tert-OH is 6. The number of aliphatic carboxylic acids is 1. The van der Waals surface area contributed by atoms with E-state index in [-0.39, 0.29) is 41.9 Å². The summed E-state index contributed by atoms with van der Waals surface area (Å²) in [6.07, 6.45) is -8.50. The molecule has 0 aromatic rings. The summed E-state index contributed by atoms with van der Waals surface area (Å²) in [6.45, 7) is 0.920. The van der Waals surface area contributed by atoms with Crippen molar-refractivity contribution in [1.82, 2.24) is 0 Å². The predicted molar refractivity (Wildman–Crippen MR) is 133 cm³/mol. The molecule has 13 atom stereocenters. The molecule has 4 fully saturated rings. The minimum atomic E-state index is -1.60. The molecule has 0 aromatic carbocycles. The number of carbonyl (C=O) groups excluding carboxylic acids is 1. The molecule has 0 aromatic heterocycles. The van der Waals surface area contributed by atoms with Crippen molar-refractivity contribution in [2.75, 3.05) is 6.61 Å². The van der Waals surface area contributed by atoms with Crippen LogP contribution in [-0.2, 0) is 28.5 Å². The number of carboxylic acids is 1. The van der Waals surface area contributed by atoms with Gasteiger partial charge in [0.05, 0.1) is 37.0 Å². The van der Waals surface area contributed by atoms with Crippen molar-refractivity contribution in [1.29, 1.82) is 0 Å². The number of rotatable bonds is 10. The normalized spacial score (nSPS) is 43.2. The third kappa shape index (κ3) is 8.82. The Morgan fingerprint density at radius 1 is 0.805 bits per heavy atom. The maximum atomic E-state index is 11.9. The molecule has 14 heteroatoms. The van der Waals surface area contributed by atoms with E-state index in [0.29, 0.717) is 12.8 Å². The average molecular weight is 601 g/mol. The summed E-state index contributed by atoms with van der Waals surface area (Å²) >= 11 is 0. The first kappa shape index (κ1) is 35.5. The number of ether oxygens (including phenoxy) is 5. The summed E-state index contributed by atoms with van der Waals surface area (Å²) in [6, 6.07) is 0. The number of hydrogen-bond donors (Lipinski definition) is 6. The van der Waals surface area contributed by atoms with Gasteiger partial charge in [-0.15, -0.1) is 0 Å². The van der Waals surface area contributed by atoms with Crippen molar-refractivity contribution in [2.24, 2.45) is 5.92 Å². The van der Waals surface area contributed by atoms with Crippen LogP contribution < -0.4 is 34.7 Å². The molecule has 2 aliphatic heterocycles. The van der Waals surface area contributed by atoms with Gasteiger partial charge < -0.3 is 64.2 Å². The van der Waals surface area contributed by atoms with Gasteiger partial charge in [0.2, 0.25) is 0 Å². The Kier molecular flexibility index (Phi) is 14.2. The fourth-order valence-electron chi connectivity index (χ4n) is 6.29. The van der Waals surface area contributed by atoms with Crippen LogP contribution in [0.1, 0.15) is 71.1 Å². The van der Waals surface area contributed by atoms with Gasteiger partial charge >= 0.3 is 29.6 Å². The Morgan fingerprint density at radius 3 is 1.93 bits per heavy atom. The van der Waals surface area contributed by atoms with E-state index in [1.165, 1.54) is 0 Å². The Balaban J connectivity index is 0.00000462. The Bertz CT molecular complexity index is 801. The summed E-state index contributed by atoms with van der Waals surface area (Å²) in [5.74, 6) is -1.31. The average Bonchev–Trinajstić information content (AvgIpc) is 2.95. The summed E-state index contributed by atoms with van der Waals surface area (Å²) in [5.41, 5.74) is 0. The number of aliphatic hydroxyl groups is 6. The second kappa shape index (κ2) is 16.4. The number of carbonyl (C=O) groups is 1. The van der Waals surface area contributed by atoms with Gasteiger partial charge in [-0.2, -0.15) is 0 Å². The van der Waals surface area contributed by atoms with E-state index < -0.39 is 92.3 Å². The molecule has 0 radical (unpaired) electrons. The molecular formula is C27H45NaO13. The predicted octanol–water partition coefficient (Wildman–Crippen LogP) is -4.92. The smallest absolute Gasteiger partial charge is 0.547 e. The molecule has 0 spiro atoms. The third-order valence-electron chi connectivity index (χ3n) is 8.75. The van der Waals surface area contributed by atoms with Gasteiger partial charge in [-0.3, -0.25) is 0 Å². The number of carboxylic acid groups (broad SMARTS) is 1. The molecule has 0 amide bonds. The van der Waals surface area contributed by atoms with E-state index >= 15 is 0 Å². The van der Waals surface area contributed by atoms with E-state index in [0.717, 1.165) is 44.9 Å². The SMILES string of the molecule is C[C@@H]1O[C@@H](O[C@@H]2CCCC[C@H]2O[C@@H]2O[C@H](CO)[C@H](O)[C@H](O[C@H](CC3CCCCC3)C(=O)[O-])[C@H]2O)[C@@H](O)[C@H](O)[C@@H]1O.[Na+]. The Hall–Kier alpha value is 0.0300. The third-order valence-corrected chi connectivity index (χ3v) is 8.75. The summed E-state index contributed by atoms with van der Waals surface area (Å²) < 4.78 is 29.1. The van der Waals surface area contributed by atoms with Crippen LogP contribution in [0.2, 0.25) is 0 Å². The van der Waals surface area contributed by atoms with Gasteiger partial charge in [0.15, 0.2) is 12.6 Å². The van der Waals surface area contributed by atoms with E-state index in [2.05, 4.69) is 0 Å². The molecule has 2 saturated carbocycles. The largest absolute Gasteiger partial charge is 1.00 e. The Labute approximate surface area is 262 Å². The molecule has 41 heavy (non-hydrogen) atoms. The molecule has 2 saturated heterocycles. The van der Waals surface area contributed by atoms with Crippen LogP contribution in [0.5, 0.6) is 0 Å². The minimum Gasteiger partial charge on any atom is -0.547 e. The zero-order chi connectivity index (χ0) is 29.0. The summed E-state index contributed by atoms with van der Waals surface area (Å²) in [7, 11) is 0. The van der Waals surface area contributed by atoms with Crippen molar-refractivity contribution in [3.8, 4) is 0 Å². The molecule has 2 aliphatic carbocycles. The fraction of sp³-hybridized carbons (Fsp3) is 0.963. The van der Waals surface area contributed by atoms with Crippen molar-refractivity contribution in [3.63, 3.8) is 0 Å². The van der Waals surface area contributed by atoms with Gasteiger partial charge in [0.1, 0.15) is 42.7 Å². The summed E-state index contributed by atoms with van der Waals surface area (Å²) in [5, 5.41) is 74.2. The van der Waals surface area contributed by atoms with Crippen LogP contribution in [-0.4, -0.2) is 123 Å². The van der Waals surface area contributed by atoms with Gasteiger partial charge in [-0.25, -0.2) is 0 Å². The molecular weight excluding hydrogens is 555 g/mol. The van der Waals surface area contributed by atoms with Gasteiger partial charge in [0.25, 0.3) is 0 Å². The van der Waals surface area contributed by atoms with E-state index in [9.17, 15) is 40.5 Å². The molecule has 0 bridgehead atoms. The molecule has 0 unspecified atom stereocenters. The molecule has 4 rings (SSSR count). The first-order valence-electron chi connectivity index (χ1n) is 14.6. The fourth-order valence-corrected chi connectivity index (χ4v) is 6.29. The van der Waals surface area contributed by atoms with Gasteiger partial charge in [0, 0.05) is 0 Å². The molecule has 13 nitrogen and oxygen atoms in total. The molecule has 2 heterocycles. The van der Waals surface area contributed by atoms with Gasteiger partial charge in [-0.05, 0) is 32.1 Å². The second-order valence-electron chi connectivity index (χ2n) is 11.7. The van der Waals surface area contributed by atoms with E-state index in [1.54, 1.807) is 6.92 Å². The van der Waals surface area contributed by atoms with Crippen LogP contribution in [0.25, 0.3) is 0 Å². The van der Waals surface area contributed by atoms with Crippen molar-refractivity contribution in [3.05, 3.63) is 0 Å². The van der Waals surface area contributed by atoms with Crippen LogP contribution in [0.4, 0.5) is 0 Å². The maximum Gasteiger partial charge on any atom is 1.00 e. The standard InChI is InChI=1S/C27H46O13.Na/c1-13-19(29)21(31)22(32)26(36-13)38-15-9-5-6-10-16(15)39-27-23(33)24(20(30)18(12-28)40-27)37-17(25(34)35)11-14-7-3-2-4-8-14;/h13-24,26-33H,2-12H2,1H3,(H,34,35);/q;+1/p-1/t13-,15+,16+,17+,18+,19+,20-,21+,22-,23+,24-,26-,27+;/m0./s1. The van der Waals surface area contributed by atoms with Crippen LogP contribution in [0, 0.1) is 5.92 Å². The van der Waals surface area contributed by atoms with Crippen LogP contribution in [0.3, 0.4) is 0 Å².